The molecular formula is C25H15Cl2N3O2S. The number of amides is 1. The molecule has 0 aliphatic heterocycles. The molecule has 162 valence electrons. The van der Waals surface area contributed by atoms with Crippen molar-refractivity contribution in [3.05, 3.63) is 94.5 Å². The van der Waals surface area contributed by atoms with E-state index in [1.165, 1.54) is 0 Å². The molecule has 0 radical (unpaired) electrons. The highest BCUT2D eigenvalue weighted by Crippen LogP contribution is 2.28. The fourth-order valence-electron chi connectivity index (χ4n) is 3.55. The third-order valence-electron chi connectivity index (χ3n) is 5.06. The summed E-state index contributed by atoms with van der Waals surface area (Å²) in [5, 5.41) is 8.65. The van der Waals surface area contributed by atoms with Crippen molar-refractivity contribution >= 4 is 74.0 Å². The Morgan fingerprint density at radius 1 is 0.909 bits per heavy atom. The Morgan fingerprint density at radius 2 is 1.70 bits per heavy atom. The van der Waals surface area contributed by atoms with Crippen molar-refractivity contribution in [1.29, 1.82) is 0 Å². The van der Waals surface area contributed by atoms with Crippen LogP contribution in [-0.4, -0.2) is 16.0 Å². The van der Waals surface area contributed by atoms with Crippen LogP contribution in [0.3, 0.4) is 0 Å². The van der Waals surface area contributed by atoms with E-state index in [2.05, 4.69) is 15.6 Å². The summed E-state index contributed by atoms with van der Waals surface area (Å²) in [5.41, 5.74) is 3.20. The van der Waals surface area contributed by atoms with Gasteiger partial charge in [-0.05, 0) is 66.1 Å². The number of anilines is 1. The number of carbonyl (C=O) groups excluding carboxylic acids is 1. The van der Waals surface area contributed by atoms with Crippen molar-refractivity contribution in [1.82, 2.24) is 10.3 Å². The molecule has 0 saturated heterocycles. The zero-order valence-electron chi connectivity index (χ0n) is 16.9. The highest BCUT2D eigenvalue weighted by Gasteiger charge is 2.14. The minimum atomic E-state index is -0.328. The molecule has 0 fully saturated rings. The molecule has 5 aromatic rings. The molecular weight excluding hydrogens is 477 g/mol. The molecule has 5 rings (SSSR count). The number of nitrogens with zero attached hydrogens (tertiary/aromatic N) is 1. The fraction of sp³-hybridized carbons (Fsp3) is 0. The molecule has 0 saturated carbocycles. The van der Waals surface area contributed by atoms with Gasteiger partial charge in [0.1, 0.15) is 5.52 Å². The largest absolute Gasteiger partial charge is 0.436 e. The molecule has 4 aromatic carbocycles. The Bertz CT molecular complexity index is 1550. The van der Waals surface area contributed by atoms with Crippen LogP contribution in [0.25, 0.3) is 33.3 Å². The van der Waals surface area contributed by atoms with Crippen LogP contribution < -0.4 is 10.6 Å². The van der Waals surface area contributed by atoms with E-state index >= 15 is 0 Å². The first kappa shape index (κ1) is 21.4. The van der Waals surface area contributed by atoms with Gasteiger partial charge in [-0.15, -0.1) is 0 Å². The summed E-state index contributed by atoms with van der Waals surface area (Å²) in [6.45, 7) is 0. The highest BCUT2D eigenvalue weighted by molar-refractivity contribution is 7.80. The molecule has 1 amide bonds. The molecule has 0 atom stereocenters. The molecule has 0 aliphatic rings. The second kappa shape index (κ2) is 8.83. The maximum Gasteiger partial charge on any atom is 0.258 e. The Morgan fingerprint density at radius 3 is 2.55 bits per heavy atom. The van der Waals surface area contributed by atoms with Crippen molar-refractivity contribution in [2.24, 2.45) is 0 Å². The van der Waals surface area contributed by atoms with Crippen LogP contribution in [0.5, 0.6) is 0 Å². The lowest BCUT2D eigenvalue weighted by atomic mass is 10.0. The van der Waals surface area contributed by atoms with Crippen molar-refractivity contribution in [3.63, 3.8) is 0 Å². The average molecular weight is 492 g/mol. The lowest BCUT2D eigenvalue weighted by Gasteiger charge is -2.11. The maximum atomic E-state index is 12.9. The van der Waals surface area contributed by atoms with Crippen molar-refractivity contribution in [2.75, 3.05) is 5.32 Å². The fourth-order valence-corrected chi connectivity index (χ4v) is 4.19. The monoisotopic (exact) mass is 491 g/mol. The number of fused-ring (bicyclic) bond motifs is 2. The van der Waals surface area contributed by atoms with E-state index in [-0.39, 0.29) is 11.0 Å². The molecule has 5 nitrogen and oxygen atoms in total. The smallest absolute Gasteiger partial charge is 0.258 e. The number of nitrogens with one attached hydrogen (secondary N) is 2. The number of rotatable bonds is 3. The Kier molecular flexibility index (Phi) is 5.72. The highest BCUT2D eigenvalue weighted by atomic mass is 35.5. The Hall–Kier alpha value is -3.45. The van der Waals surface area contributed by atoms with Crippen LogP contribution in [0.2, 0.25) is 10.0 Å². The van der Waals surface area contributed by atoms with Crippen molar-refractivity contribution in [2.45, 2.75) is 0 Å². The lowest BCUT2D eigenvalue weighted by Crippen LogP contribution is -2.34. The number of hydrogen-bond donors (Lipinski definition) is 2. The number of benzene rings is 4. The van der Waals surface area contributed by atoms with Gasteiger partial charge >= 0.3 is 0 Å². The van der Waals surface area contributed by atoms with E-state index in [9.17, 15) is 4.79 Å². The molecule has 2 N–H and O–H groups in total. The van der Waals surface area contributed by atoms with Crippen LogP contribution in [0.1, 0.15) is 10.4 Å². The quantitative estimate of drug-likeness (QED) is 0.264. The van der Waals surface area contributed by atoms with E-state index < -0.39 is 0 Å². The summed E-state index contributed by atoms with van der Waals surface area (Å²) >= 11 is 17.7. The number of hydrogen-bond acceptors (Lipinski definition) is 4. The zero-order chi connectivity index (χ0) is 22.9. The third-order valence-corrected chi connectivity index (χ3v) is 5.83. The van der Waals surface area contributed by atoms with E-state index in [4.69, 9.17) is 39.8 Å². The molecule has 33 heavy (non-hydrogen) atoms. The summed E-state index contributed by atoms with van der Waals surface area (Å²) in [4.78, 5) is 17.4. The van der Waals surface area contributed by atoms with Gasteiger partial charge < -0.3 is 9.73 Å². The molecule has 0 bridgehead atoms. The first-order valence-electron chi connectivity index (χ1n) is 9.94. The van der Waals surface area contributed by atoms with Crippen LogP contribution in [0.15, 0.2) is 83.3 Å². The van der Waals surface area contributed by atoms with E-state index in [0.717, 1.165) is 16.3 Å². The predicted molar refractivity (Wildman–Crippen MR) is 137 cm³/mol. The van der Waals surface area contributed by atoms with Gasteiger partial charge in [0, 0.05) is 32.2 Å². The number of thiocarbonyl (C=S) groups is 1. The predicted octanol–water partition coefficient (Wildman–Crippen LogP) is 7.08. The first-order chi connectivity index (χ1) is 16.0. The van der Waals surface area contributed by atoms with Gasteiger partial charge in [-0.2, -0.15) is 0 Å². The topological polar surface area (TPSA) is 67.2 Å². The van der Waals surface area contributed by atoms with Gasteiger partial charge in [-0.1, -0.05) is 53.5 Å². The molecule has 1 aromatic heterocycles. The molecule has 0 spiro atoms. The average Bonchev–Trinajstić information content (AvgIpc) is 3.22. The minimum Gasteiger partial charge on any atom is -0.436 e. The first-order valence-corrected chi connectivity index (χ1v) is 11.1. The normalized spacial score (nSPS) is 11.0. The van der Waals surface area contributed by atoms with E-state index in [1.807, 2.05) is 30.3 Å². The second-order valence-corrected chi connectivity index (χ2v) is 8.51. The minimum absolute atomic E-state index is 0.164. The van der Waals surface area contributed by atoms with Gasteiger partial charge in [0.25, 0.3) is 5.91 Å². The van der Waals surface area contributed by atoms with Gasteiger partial charge in [0.2, 0.25) is 5.89 Å². The van der Waals surface area contributed by atoms with E-state index in [1.54, 1.807) is 48.5 Å². The van der Waals surface area contributed by atoms with Gasteiger partial charge in [-0.3, -0.25) is 10.1 Å². The maximum absolute atomic E-state index is 12.9. The molecule has 8 heteroatoms. The van der Waals surface area contributed by atoms with Crippen molar-refractivity contribution in [3.8, 4) is 11.5 Å². The van der Waals surface area contributed by atoms with Crippen LogP contribution in [-0.2, 0) is 0 Å². The van der Waals surface area contributed by atoms with E-state index in [0.29, 0.717) is 38.3 Å². The van der Waals surface area contributed by atoms with Gasteiger partial charge in [0.05, 0.1) is 0 Å². The SMILES string of the molecule is O=C(NC(=S)Nc1ccc2oc(-c3cccc(Cl)c3)nc2c1)c1cccc2c(Cl)cccc12. The summed E-state index contributed by atoms with van der Waals surface area (Å²) in [5.74, 6) is 0.140. The standard InChI is InChI=1S/C25H15Cl2N3O2S/c26-15-5-1-4-14(12-15)24-29-21-13-16(10-11-22(21)32-24)28-25(33)30-23(31)19-8-2-7-18-17(19)6-3-9-20(18)27/h1-13H,(H2,28,30,31,33). The summed E-state index contributed by atoms with van der Waals surface area (Å²) in [6, 6.07) is 23.5. The number of oxazole rings is 1. The molecule has 0 unspecified atom stereocenters. The third kappa shape index (κ3) is 4.41. The van der Waals surface area contributed by atoms with Crippen LogP contribution in [0, 0.1) is 0 Å². The van der Waals surface area contributed by atoms with Crippen LogP contribution in [0.4, 0.5) is 5.69 Å². The zero-order valence-corrected chi connectivity index (χ0v) is 19.3. The Balaban J connectivity index is 1.34. The summed E-state index contributed by atoms with van der Waals surface area (Å²) < 4.78 is 5.83. The van der Waals surface area contributed by atoms with Gasteiger partial charge in [-0.25, -0.2) is 4.98 Å². The van der Waals surface area contributed by atoms with Crippen molar-refractivity contribution < 1.29 is 9.21 Å². The number of halogens is 2. The number of carbonyl (C=O) groups is 1. The second-order valence-electron chi connectivity index (χ2n) is 7.26. The Labute approximate surface area is 204 Å². The molecule has 0 aliphatic carbocycles. The van der Waals surface area contributed by atoms with Crippen LogP contribution >= 0.6 is 35.4 Å². The van der Waals surface area contributed by atoms with Gasteiger partial charge in [0.15, 0.2) is 10.7 Å². The summed E-state index contributed by atoms with van der Waals surface area (Å²) in [7, 11) is 0. The summed E-state index contributed by atoms with van der Waals surface area (Å²) in [6.07, 6.45) is 0. The lowest BCUT2D eigenvalue weighted by molar-refractivity contribution is 0.0979. The number of aromatic nitrogens is 1. The molecule has 1 heterocycles.